The molecular formula is C42H84N2. The summed E-state index contributed by atoms with van der Waals surface area (Å²) < 4.78 is 0. The Kier molecular flexibility index (Phi) is 31.7. The van der Waals surface area contributed by atoms with Gasteiger partial charge in [0.05, 0.1) is 0 Å². The first-order valence-corrected chi connectivity index (χ1v) is 21.0. The second kappa shape index (κ2) is 33.7. The molecule has 0 aromatic carbocycles. The molecule has 2 heteroatoms. The maximum atomic E-state index is 2.72. The van der Waals surface area contributed by atoms with Crippen molar-refractivity contribution < 1.29 is 0 Å². The first-order chi connectivity index (χ1) is 21.8. The quantitative estimate of drug-likeness (QED) is 0.0646. The highest BCUT2D eigenvalue weighted by Gasteiger charge is 2.24. The summed E-state index contributed by atoms with van der Waals surface area (Å²) in [6.45, 7) is 9.48. The number of hydrogen-bond acceptors (Lipinski definition) is 2. The molecule has 1 atom stereocenters. The Labute approximate surface area is 280 Å². The van der Waals surface area contributed by atoms with Crippen LogP contribution in [0.3, 0.4) is 0 Å². The van der Waals surface area contributed by atoms with Crippen molar-refractivity contribution in [2.75, 3.05) is 13.1 Å². The van der Waals surface area contributed by atoms with Crippen LogP contribution in [0.4, 0.5) is 0 Å². The van der Waals surface area contributed by atoms with Gasteiger partial charge in [-0.05, 0) is 25.7 Å². The molecule has 0 saturated heterocycles. The molecule has 1 unspecified atom stereocenters. The van der Waals surface area contributed by atoms with E-state index in [1.807, 2.05) is 0 Å². The SMILES string of the molecule is CCCCCCCCCCCCCCCCCCC1N(CCCCCCCCC)C=CN1CCCCCCCCCCCC. The van der Waals surface area contributed by atoms with E-state index < -0.39 is 0 Å². The van der Waals surface area contributed by atoms with Crippen molar-refractivity contribution in [2.24, 2.45) is 0 Å². The molecular weight excluding hydrogens is 532 g/mol. The molecule has 0 aliphatic carbocycles. The molecule has 1 aliphatic heterocycles. The molecule has 0 saturated carbocycles. The van der Waals surface area contributed by atoms with E-state index in [-0.39, 0.29) is 0 Å². The number of hydrogen-bond donors (Lipinski definition) is 0. The Morgan fingerprint density at radius 2 is 0.523 bits per heavy atom. The number of rotatable bonds is 36. The van der Waals surface area contributed by atoms with Crippen LogP contribution in [0, 0.1) is 0 Å². The minimum Gasteiger partial charge on any atom is -0.356 e. The van der Waals surface area contributed by atoms with Gasteiger partial charge in [-0.25, -0.2) is 0 Å². The molecule has 0 spiro atoms. The summed E-state index contributed by atoms with van der Waals surface area (Å²) in [5.74, 6) is 0. The number of nitrogens with zero attached hydrogens (tertiary/aromatic N) is 2. The van der Waals surface area contributed by atoms with Gasteiger partial charge in [-0.1, -0.05) is 213 Å². The zero-order valence-corrected chi connectivity index (χ0v) is 31.1. The van der Waals surface area contributed by atoms with Crippen LogP contribution in [0.1, 0.15) is 239 Å². The maximum Gasteiger partial charge on any atom is 0.101 e. The fraction of sp³-hybridized carbons (Fsp3) is 0.952. The Balaban J connectivity index is 2.16. The van der Waals surface area contributed by atoms with Gasteiger partial charge in [-0.3, -0.25) is 0 Å². The lowest BCUT2D eigenvalue weighted by molar-refractivity contribution is 0.135. The van der Waals surface area contributed by atoms with Crippen molar-refractivity contribution in [1.82, 2.24) is 9.80 Å². The third-order valence-corrected chi connectivity index (χ3v) is 10.3. The van der Waals surface area contributed by atoms with Gasteiger partial charge >= 0.3 is 0 Å². The van der Waals surface area contributed by atoms with Crippen LogP contribution in [0.2, 0.25) is 0 Å². The summed E-state index contributed by atoms with van der Waals surface area (Å²) in [7, 11) is 0. The number of unbranched alkanes of at least 4 members (excludes halogenated alkanes) is 30. The predicted molar refractivity (Wildman–Crippen MR) is 200 cm³/mol. The first kappa shape index (κ1) is 41.4. The minimum atomic E-state index is 0.639. The highest BCUT2D eigenvalue weighted by atomic mass is 15.4. The summed E-state index contributed by atoms with van der Waals surface area (Å²) in [5, 5.41) is 0. The lowest BCUT2D eigenvalue weighted by Crippen LogP contribution is -2.39. The van der Waals surface area contributed by atoms with E-state index in [2.05, 4.69) is 43.0 Å². The molecule has 1 aliphatic rings. The molecule has 1 rings (SSSR count). The summed E-state index contributed by atoms with van der Waals surface area (Å²) in [6.07, 6.45) is 54.4. The van der Waals surface area contributed by atoms with Crippen molar-refractivity contribution in [3.8, 4) is 0 Å². The lowest BCUT2D eigenvalue weighted by Gasteiger charge is -2.33. The van der Waals surface area contributed by atoms with Crippen molar-refractivity contribution in [1.29, 1.82) is 0 Å². The van der Waals surface area contributed by atoms with Crippen LogP contribution >= 0.6 is 0 Å². The van der Waals surface area contributed by atoms with Crippen LogP contribution in [-0.2, 0) is 0 Å². The average molecular weight is 617 g/mol. The molecule has 0 amide bonds. The smallest absolute Gasteiger partial charge is 0.101 e. The van der Waals surface area contributed by atoms with Crippen LogP contribution in [-0.4, -0.2) is 29.1 Å². The molecule has 0 bridgehead atoms. The summed E-state index contributed by atoms with van der Waals surface area (Å²) >= 11 is 0. The molecule has 1 heterocycles. The fourth-order valence-electron chi connectivity index (χ4n) is 7.25. The zero-order valence-electron chi connectivity index (χ0n) is 31.1. The Morgan fingerprint density at radius 1 is 0.295 bits per heavy atom. The van der Waals surface area contributed by atoms with Gasteiger partial charge in [0, 0.05) is 25.5 Å². The monoisotopic (exact) mass is 617 g/mol. The summed E-state index contributed by atoms with van der Waals surface area (Å²) in [4.78, 5) is 5.44. The van der Waals surface area contributed by atoms with Crippen molar-refractivity contribution in [2.45, 2.75) is 245 Å². The minimum absolute atomic E-state index is 0.639. The van der Waals surface area contributed by atoms with Crippen molar-refractivity contribution in [3.63, 3.8) is 0 Å². The van der Waals surface area contributed by atoms with Crippen molar-refractivity contribution in [3.05, 3.63) is 12.4 Å². The third-order valence-electron chi connectivity index (χ3n) is 10.3. The van der Waals surface area contributed by atoms with E-state index in [9.17, 15) is 0 Å². The second-order valence-electron chi connectivity index (χ2n) is 14.6. The van der Waals surface area contributed by atoms with Gasteiger partial charge in [0.15, 0.2) is 0 Å². The molecule has 44 heavy (non-hydrogen) atoms. The van der Waals surface area contributed by atoms with Gasteiger partial charge in [-0.2, -0.15) is 0 Å². The van der Waals surface area contributed by atoms with Gasteiger partial charge in [0.1, 0.15) is 6.17 Å². The van der Waals surface area contributed by atoms with E-state index in [1.54, 1.807) is 0 Å². The van der Waals surface area contributed by atoms with E-state index in [0.717, 1.165) is 0 Å². The Bertz CT molecular complexity index is 572. The first-order valence-electron chi connectivity index (χ1n) is 21.0. The van der Waals surface area contributed by atoms with Gasteiger partial charge < -0.3 is 9.80 Å². The Morgan fingerprint density at radius 3 is 0.795 bits per heavy atom. The Hall–Kier alpha value is -0.660. The highest BCUT2D eigenvalue weighted by Crippen LogP contribution is 2.24. The van der Waals surface area contributed by atoms with Crippen LogP contribution in [0.5, 0.6) is 0 Å². The van der Waals surface area contributed by atoms with E-state index in [4.69, 9.17) is 0 Å². The standard InChI is InChI=1S/C42H84N2/c1-4-7-10-13-16-18-20-21-22-23-24-25-26-28-31-34-37-42-43(38-35-32-29-15-12-9-6-3)40-41-44(42)39-36-33-30-27-19-17-14-11-8-5-2/h40-42H,4-39H2,1-3H3. The van der Waals surface area contributed by atoms with Crippen LogP contribution < -0.4 is 0 Å². The molecule has 2 nitrogen and oxygen atoms in total. The predicted octanol–water partition coefficient (Wildman–Crippen LogP) is 14.7. The second-order valence-corrected chi connectivity index (χ2v) is 14.6. The van der Waals surface area contributed by atoms with Crippen LogP contribution in [0.15, 0.2) is 12.4 Å². The van der Waals surface area contributed by atoms with Gasteiger partial charge in [-0.15, -0.1) is 0 Å². The maximum absolute atomic E-state index is 2.72. The lowest BCUT2D eigenvalue weighted by atomic mass is 10.0. The summed E-state index contributed by atoms with van der Waals surface area (Å²) in [6, 6.07) is 0. The largest absolute Gasteiger partial charge is 0.356 e. The van der Waals surface area contributed by atoms with E-state index in [1.165, 1.54) is 231 Å². The van der Waals surface area contributed by atoms with Gasteiger partial charge in [0.25, 0.3) is 0 Å². The third kappa shape index (κ3) is 25.5. The molecule has 0 N–H and O–H groups in total. The van der Waals surface area contributed by atoms with E-state index in [0.29, 0.717) is 6.17 Å². The summed E-state index contributed by atoms with van der Waals surface area (Å²) in [5.41, 5.74) is 0. The van der Waals surface area contributed by atoms with Gasteiger partial charge in [0.2, 0.25) is 0 Å². The zero-order chi connectivity index (χ0) is 31.6. The topological polar surface area (TPSA) is 6.48 Å². The van der Waals surface area contributed by atoms with E-state index >= 15 is 0 Å². The molecule has 0 aromatic rings. The molecule has 0 aromatic heterocycles. The highest BCUT2D eigenvalue weighted by molar-refractivity contribution is 4.97. The van der Waals surface area contributed by atoms with Crippen LogP contribution in [0.25, 0.3) is 0 Å². The van der Waals surface area contributed by atoms with Crippen molar-refractivity contribution >= 4 is 0 Å². The molecule has 262 valence electrons. The average Bonchev–Trinajstić information content (AvgIpc) is 3.42. The normalized spacial score (nSPS) is 14.8. The molecule has 0 fully saturated rings. The molecule has 0 radical (unpaired) electrons. The fourth-order valence-corrected chi connectivity index (χ4v) is 7.25.